The summed E-state index contributed by atoms with van der Waals surface area (Å²) in [5, 5.41) is 3.46. The molecule has 0 aliphatic carbocycles. The van der Waals surface area contributed by atoms with Crippen LogP contribution in [0.2, 0.25) is 0 Å². The summed E-state index contributed by atoms with van der Waals surface area (Å²) in [6, 6.07) is 9.23. The van der Waals surface area contributed by atoms with Crippen LogP contribution in [0.3, 0.4) is 0 Å². The molecule has 2 nitrogen and oxygen atoms in total. The molecule has 0 bridgehead atoms. The minimum absolute atomic E-state index is 0.595. The SMILES string of the molecule is CCNC(C)CCN(CC)c1ccccc1C. The van der Waals surface area contributed by atoms with E-state index in [1.165, 1.54) is 17.7 Å². The van der Waals surface area contributed by atoms with Crippen LogP contribution in [0.4, 0.5) is 5.69 Å². The summed E-state index contributed by atoms with van der Waals surface area (Å²) in [5.41, 5.74) is 2.74. The minimum Gasteiger partial charge on any atom is -0.372 e. The van der Waals surface area contributed by atoms with E-state index in [0.717, 1.165) is 19.6 Å². The summed E-state index contributed by atoms with van der Waals surface area (Å²) < 4.78 is 0. The lowest BCUT2D eigenvalue weighted by Gasteiger charge is -2.26. The normalized spacial score (nSPS) is 12.5. The van der Waals surface area contributed by atoms with Gasteiger partial charge in [-0.25, -0.2) is 0 Å². The average molecular weight is 234 g/mol. The van der Waals surface area contributed by atoms with Crippen LogP contribution >= 0.6 is 0 Å². The molecule has 1 unspecified atom stereocenters. The van der Waals surface area contributed by atoms with Crippen molar-refractivity contribution in [1.82, 2.24) is 5.32 Å². The van der Waals surface area contributed by atoms with Crippen molar-refractivity contribution in [2.75, 3.05) is 24.5 Å². The highest BCUT2D eigenvalue weighted by Gasteiger charge is 2.08. The van der Waals surface area contributed by atoms with Crippen LogP contribution in [0.15, 0.2) is 24.3 Å². The number of hydrogen-bond acceptors (Lipinski definition) is 2. The van der Waals surface area contributed by atoms with Crippen molar-refractivity contribution >= 4 is 5.69 Å². The zero-order valence-corrected chi connectivity index (χ0v) is 11.7. The van der Waals surface area contributed by atoms with Crippen LogP contribution < -0.4 is 10.2 Å². The van der Waals surface area contributed by atoms with E-state index in [2.05, 4.69) is 62.2 Å². The van der Waals surface area contributed by atoms with Gasteiger partial charge < -0.3 is 10.2 Å². The molecule has 0 saturated heterocycles. The fourth-order valence-electron chi connectivity index (χ4n) is 2.17. The van der Waals surface area contributed by atoms with Crippen molar-refractivity contribution in [2.45, 2.75) is 40.2 Å². The van der Waals surface area contributed by atoms with Gasteiger partial charge in [0.1, 0.15) is 0 Å². The molecule has 0 aliphatic rings. The highest BCUT2D eigenvalue weighted by atomic mass is 15.1. The molecule has 0 heterocycles. The van der Waals surface area contributed by atoms with Gasteiger partial charge in [-0.15, -0.1) is 0 Å². The van der Waals surface area contributed by atoms with Crippen molar-refractivity contribution in [2.24, 2.45) is 0 Å². The zero-order chi connectivity index (χ0) is 12.7. The van der Waals surface area contributed by atoms with Crippen LogP contribution in [0.25, 0.3) is 0 Å². The third kappa shape index (κ3) is 4.39. The quantitative estimate of drug-likeness (QED) is 0.779. The van der Waals surface area contributed by atoms with Crippen LogP contribution in [0.1, 0.15) is 32.8 Å². The maximum absolute atomic E-state index is 3.46. The largest absolute Gasteiger partial charge is 0.372 e. The molecule has 1 rings (SSSR count). The second-order valence-corrected chi connectivity index (χ2v) is 4.61. The van der Waals surface area contributed by atoms with Crippen molar-refractivity contribution < 1.29 is 0 Å². The molecule has 0 radical (unpaired) electrons. The van der Waals surface area contributed by atoms with Gasteiger partial charge in [-0.2, -0.15) is 0 Å². The topological polar surface area (TPSA) is 15.3 Å². The third-order valence-electron chi connectivity index (χ3n) is 3.22. The Morgan fingerprint density at radius 2 is 1.94 bits per heavy atom. The number of para-hydroxylation sites is 1. The molecular formula is C15H26N2. The van der Waals surface area contributed by atoms with Gasteiger partial charge >= 0.3 is 0 Å². The van der Waals surface area contributed by atoms with Crippen LogP contribution in [0.5, 0.6) is 0 Å². The van der Waals surface area contributed by atoms with Gasteiger partial charge in [0.25, 0.3) is 0 Å². The molecule has 1 aromatic rings. The number of nitrogens with zero attached hydrogens (tertiary/aromatic N) is 1. The molecule has 17 heavy (non-hydrogen) atoms. The first-order chi connectivity index (χ1) is 8.19. The van der Waals surface area contributed by atoms with E-state index in [9.17, 15) is 0 Å². The summed E-state index contributed by atoms with van der Waals surface area (Å²) in [6.45, 7) is 12.1. The Morgan fingerprint density at radius 1 is 1.24 bits per heavy atom. The van der Waals surface area contributed by atoms with Gasteiger partial charge in [0, 0.05) is 24.8 Å². The zero-order valence-electron chi connectivity index (χ0n) is 11.7. The lowest BCUT2D eigenvalue weighted by Crippen LogP contribution is -2.32. The number of nitrogens with one attached hydrogen (secondary N) is 1. The van der Waals surface area contributed by atoms with Gasteiger partial charge in [0.2, 0.25) is 0 Å². The highest BCUT2D eigenvalue weighted by Crippen LogP contribution is 2.19. The van der Waals surface area contributed by atoms with Crippen LogP contribution in [-0.2, 0) is 0 Å². The van der Waals surface area contributed by atoms with E-state index in [1.54, 1.807) is 0 Å². The fourth-order valence-corrected chi connectivity index (χ4v) is 2.17. The summed E-state index contributed by atoms with van der Waals surface area (Å²) >= 11 is 0. The van der Waals surface area contributed by atoms with E-state index >= 15 is 0 Å². The maximum Gasteiger partial charge on any atom is 0.0395 e. The lowest BCUT2D eigenvalue weighted by atomic mass is 10.1. The fraction of sp³-hybridized carbons (Fsp3) is 0.600. The lowest BCUT2D eigenvalue weighted by molar-refractivity contribution is 0.527. The molecule has 2 heteroatoms. The molecule has 1 atom stereocenters. The Balaban J connectivity index is 2.57. The molecule has 0 fully saturated rings. The first kappa shape index (κ1) is 14.0. The van der Waals surface area contributed by atoms with Gasteiger partial charge in [0.05, 0.1) is 0 Å². The van der Waals surface area contributed by atoms with E-state index in [-0.39, 0.29) is 0 Å². The summed E-state index contributed by atoms with van der Waals surface area (Å²) in [6.07, 6.45) is 1.19. The molecule has 1 aromatic carbocycles. The Kier molecular flexibility index (Phi) is 6.06. The van der Waals surface area contributed by atoms with Crippen molar-refractivity contribution in [3.05, 3.63) is 29.8 Å². The van der Waals surface area contributed by atoms with Crippen LogP contribution in [0, 0.1) is 6.92 Å². The standard InChI is InChI=1S/C15H26N2/c1-5-16-14(4)11-12-17(6-2)15-10-8-7-9-13(15)3/h7-10,14,16H,5-6,11-12H2,1-4H3. The molecule has 0 aliphatic heterocycles. The number of benzene rings is 1. The Morgan fingerprint density at radius 3 is 2.53 bits per heavy atom. The average Bonchev–Trinajstić information content (AvgIpc) is 2.32. The first-order valence-corrected chi connectivity index (χ1v) is 6.73. The Hall–Kier alpha value is -1.02. The molecule has 1 N–H and O–H groups in total. The van der Waals surface area contributed by atoms with Gasteiger partial charge in [-0.05, 0) is 45.4 Å². The predicted octanol–water partition coefficient (Wildman–Crippen LogP) is 3.21. The molecule has 96 valence electrons. The monoisotopic (exact) mass is 234 g/mol. The molecule has 0 amide bonds. The third-order valence-corrected chi connectivity index (χ3v) is 3.22. The number of anilines is 1. The second kappa shape index (κ2) is 7.33. The summed E-state index contributed by atoms with van der Waals surface area (Å²) in [5.74, 6) is 0. The molecular weight excluding hydrogens is 208 g/mol. The smallest absolute Gasteiger partial charge is 0.0395 e. The van der Waals surface area contributed by atoms with E-state index < -0.39 is 0 Å². The van der Waals surface area contributed by atoms with E-state index in [1.807, 2.05) is 0 Å². The first-order valence-electron chi connectivity index (χ1n) is 6.73. The second-order valence-electron chi connectivity index (χ2n) is 4.61. The minimum atomic E-state index is 0.595. The van der Waals surface area contributed by atoms with Gasteiger partial charge in [0.15, 0.2) is 0 Å². The highest BCUT2D eigenvalue weighted by molar-refractivity contribution is 5.52. The summed E-state index contributed by atoms with van der Waals surface area (Å²) in [4.78, 5) is 2.46. The number of rotatable bonds is 7. The predicted molar refractivity (Wildman–Crippen MR) is 76.8 cm³/mol. The molecule has 0 spiro atoms. The molecule has 0 saturated carbocycles. The number of aryl methyl sites for hydroxylation is 1. The maximum atomic E-state index is 3.46. The van der Waals surface area contributed by atoms with Gasteiger partial charge in [-0.1, -0.05) is 25.1 Å². The number of hydrogen-bond donors (Lipinski definition) is 1. The van der Waals surface area contributed by atoms with Crippen molar-refractivity contribution in [3.63, 3.8) is 0 Å². The Bertz CT molecular complexity index is 322. The van der Waals surface area contributed by atoms with Crippen LogP contribution in [-0.4, -0.2) is 25.7 Å². The van der Waals surface area contributed by atoms with E-state index in [0.29, 0.717) is 6.04 Å². The summed E-state index contributed by atoms with van der Waals surface area (Å²) in [7, 11) is 0. The Labute approximate surface area is 106 Å². The van der Waals surface area contributed by atoms with Crippen molar-refractivity contribution in [1.29, 1.82) is 0 Å². The van der Waals surface area contributed by atoms with Crippen molar-refractivity contribution in [3.8, 4) is 0 Å². The van der Waals surface area contributed by atoms with Gasteiger partial charge in [-0.3, -0.25) is 0 Å². The molecule has 0 aromatic heterocycles. The van der Waals surface area contributed by atoms with E-state index in [4.69, 9.17) is 0 Å².